The van der Waals surface area contributed by atoms with Gasteiger partial charge in [-0.25, -0.2) is 4.39 Å². The highest BCUT2D eigenvalue weighted by molar-refractivity contribution is 6.04. The number of anilines is 2. The third-order valence-corrected chi connectivity index (χ3v) is 4.74. The highest BCUT2D eigenvalue weighted by Crippen LogP contribution is 2.22. The van der Waals surface area contributed by atoms with Crippen molar-refractivity contribution in [3.05, 3.63) is 59.9 Å². The van der Waals surface area contributed by atoms with E-state index in [2.05, 4.69) is 39.6 Å². The third kappa shape index (κ3) is 5.87. The first-order valence-electron chi connectivity index (χ1n) is 10.1. The Morgan fingerprint density at radius 3 is 2.40 bits per heavy atom. The highest BCUT2D eigenvalue weighted by atomic mass is 19.1. The maximum absolute atomic E-state index is 13.0. The number of aromatic nitrogens is 2. The highest BCUT2D eigenvalue weighted by Gasteiger charge is 2.10. The predicted molar refractivity (Wildman–Crippen MR) is 115 cm³/mol. The molecule has 0 saturated carbocycles. The molecule has 30 heavy (non-hydrogen) atoms. The number of hydrogen-bond acceptors (Lipinski definition) is 6. The largest absolute Gasteiger partial charge is 0.403 e. The third-order valence-electron chi connectivity index (χ3n) is 4.74. The van der Waals surface area contributed by atoms with Crippen molar-refractivity contribution in [1.29, 1.82) is 0 Å². The molecule has 2 N–H and O–H groups in total. The van der Waals surface area contributed by atoms with E-state index in [4.69, 9.17) is 4.42 Å². The maximum atomic E-state index is 13.0. The van der Waals surface area contributed by atoms with Crippen LogP contribution in [-0.4, -0.2) is 47.2 Å². The van der Waals surface area contributed by atoms with Gasteiger partial charge in [0, 0.05) is 23.4 Å². The fourth-order valence-corrected chi connectivity index (χ4v) is 2.95. The van der Waals surface area contributed by atoms with Crippen LogP contribution in [0.25, 0.3) is 11.5 Å². The van der Waals surface area contributed by atoms with E-state index in [9.17, 15) is 9.18 Å². The van der Waals surface area contributed by atoms with Gasteiger partial charge in [0.05, 0.1) is 0 Å². The van der Waals surface area contributed by atoms with Crippen LogP contribution in [0.3, 0.4) is 0 Å². The number of carbonyl (C=O) groups is 1. The van der Waals surface area contributed by atoms with Gasteiger partial charge < -0.3 is 20.0 Å². The molecule has 3 rings (SSSR count). The van der Waals surface area contributed by atoms with E-state index in [1.54, 1.807) is 24.3 Å². The summed E-state index contributed by atoms with van der Waals surface area (Å²) in [5.74, 6) is -0.289. The Bertz CT molecular complexity index is 937. The zero-order chi connectivity index (χ0) is 21.3. The molecule has 0 fully saturated rings. The molecule has 7 nitrogen and oxygen atoms in total. The molecule has 0 atom stereocenters. The number of benzene rings is 2. The minimum Gasteiger partial charge on any atom is -0.403 e. The first-order valence-corrected chi connectivity index (χ1v) is 10.1. The molecular weight excluding hydrogens is 385 g/mol. The Hall–Kier alpha value is -3.26. The molecule has 158 valence electrons. The van der Waals surface area contributed by atoms with Crippen molar-refractivity contribution in [1.82, 2.24) is 15.1 Å². The second-order valence-electron chi connectivity index (χ2n) is 6.76. The molecule has 0 radical (unpaired) electrons. The van der Waals surface area contributed by atoms with Crippen molar-refractivity contribution in [3.63, 3.8) is 0 Å². The number of amides is 1. The standard InChI is InChI=1S/C22H26FN5O2/c1-3-28(4-2)15-5-14-24-22-27-26-21(30-22)17-8-12-19(13-9-17)25-20(29)16-6-10-18(23)11-7-16/h6-13H,3-5,14-15H2,1-2H3,(H,24,27)(H,25,29). The summed E-state index contributed by atoms with van der Waals surface area (Å²) >= 11 is 0. The summed E-state index contributed by atoms with van der Waals surface area (Å²) in [6, 6.07) is 12.8. The van der Waals surface area contributed by atoms with Gasteiger partial charge in [0.15, 0.2) is 0 Å². The van der Waals surface area contributed by atoms with Crippen molar-refractivity contribution < 1.29 is 13.6 Å². The number of rotatable bonds is 10. The number of nitrogens with one attached hydrogen (secondary N) is 2. The van der Waals surface area contributed by atoms with Gasteiger partial charge in [0.25, 0.3) is 5.91 Å². The lowest BCUT2D eigenvalue weighted by Gasteiger charge is -2.17. The lowest BCUT2D eigenvalue weighted by atomic mass is 10.2. The van der Waals surface area contributed by atoms with Crippen LogP contribution in [-0.2, 0) is 0 Å². The van der Waals surface area contributed by atoms with Crippen LogP contribution < -0.4 is 10.6 Å². The van der Waals surface area contributed by atoms with Crippen LogP contribution in [0.1, 0.15) is 30.6 Å². The fourth-order valence-electron chi connectivity index (χ4n) is 2.95. The fraction of sp³-hybridized carbons (Fsp3) is 0.318. The van der Waals surface area contributed by atoms with Crippen LogP contribution in [0.5, 0.6) is 0 Å². The lowest BCUT2D eigenvalue weighted by molar-refractivity contribution is 0.102. The summed E-state index contributed by atoms with van der Waals surface area (Å²) in [4.78, 5) is 14.6. The monoisotopic (exact) mass is 411 g/mol. The van der Waals surface area contributed by atoms with Crippen molar-refractivity contribution in [2.24, 2.45) is 0 Å². The predicted octanol–water partition coefficient (Wildman–Crippen LogP) is 4.27. The Morgan fingerprint density at radius 1 is 1.03 bits per heavy atom. The van der Waals surface area contributed by atoms with Crippen LogP contribution in [0.15, 0.2) is 52.9 Å². The van der Waals surface area contributed by atoms with Crippen LogP contribution >= 0.6 is 0 Å². The van der Waals surface area contributed by atoms with Crippen LogP contribution in [0.2, 0.25) is 0 Å². The molecule has 0 saturated heterocycles. The Balaban J connectivity index is 1.52. The molecule has 0 unspecified atom stereocenters. The molecule has 1 amide bonds. The van der Waals surface area contributed by atoms with Crippen LogP contribution in [0.4, 0.5) is 16.1 Å². The minimum atomic E-state index is -0.381. The summed E-state index contributed by atoms with van der Waals surface area (Å²) in [7, 11) is 0. The van der Waals surface area contributed by atoms with Crippen molar-refractivity contribution in [2.45, 2.75) is 20.3 Å². The van der Waals surface area contributed by atoms with Gasteiger partial charge in [-0.1, -0.05) is 18.9 Å². The van der Waals surface area contributed by atoms with E-state index < -0.39 is 0 Å². The van der Waals surface area contributed by atoms with Gasteiger partial charge >= 0.3 is 6.01 Å². The molecule has 0 spiro atoms. The second kappa shape index (κ2) is 10.5. The molecule has 3 aromatic rings. The lowest BCUT2D eigenvalue weighted by Crippen LogP contribution is -2.25. The van der Waals surface area contributed by atoms with Crippen molar-refractivity contribution in [2.75, 3.05) is 36.8 Å². The summed E-state index contributed by atoms with van der Waals surface area (Å²) in [6.07, 6.45) is 0.988. The Morgan fingerprint density at radius 2 is 1.73 bits per heavy atom. The van der Waals surface area contributed by atoms with E-state index in [0.717, 1.165) is 38.2 Å². The molecule has 8 heteroatoms. The number of halogens is 1. The summed E-state index contributed by atoms with van der Waals surface area (Å²) in [5, 5.41) is 14.0. The quantitative estimate of drug-likeness (QED) is 0.485. The number of carbonyl (C=O) groups excluding carboxylic acids is 1. The normalized spacial score (nSPS) is 10.9. The van der Waals surface area contributed by atoms with Gasteiger partial charge in [-0.05, 0) is 74.6 Å². The zero-order valence-electron chi connectivity index (χ0n) is 17.2. The van der Waals surface area contributed by atoms with Gasteiger partial charge in [-0.2, -0.15) is 0 Å². The van der Waals surface area contributed by atoms with E-state index >= 15 is 0 Å². The number of nitrogens with zero attached hydrogens (tertiary/aromatic N) is 3. The molecule has 0 aliphatic carbocycles. The molecule has 0 aliphatic heterocycles. The van der Waals surface area contributed by atoms with Gasteiger partial charge in [-0.3, -0.25) is 4.79 Å². The molecule has 1 heterocycles. The Kier molecular flexibility index (Phi) is 7.51. The molecule has 0 bridgehead atoms. The minimum absolute atomic E-state index is 0.309. The van der Waals surface area contributed by atoms with Crippen molar-refractivity contribution >= 4 is 17.6 Å². The summed E-state index contributed by atoms with van der Waals surface area (Å²) in [6.45, 7) is 8.17. The van der Waals surface area contributed by atoms with Crippen LogP contribution in [0, 0.1) is 5.82 Å². The van der Waals surface area contributed by atoms with Gasteiger partial charge in [0.1, 0.15) is 5.82 Å². The Labute approximate surface area is 175 Å². The van der Waals surface area contributed by atoms with Gasteiger partial charge in [-0.15, -0.1) is 5.10 Å². The van der Waals surface area contributed by atoms with E-state index in [1.807, 2.05) is 0 Å². The SMILES string of the molecule is CCN(CC)CCCNc1nnc(-c2ccc(NC(=O)c3ccc(F)cc3)cc2)o1. The van der Waals surface area contributed by atoms with E-state index in [-0.39, 0.29) is 11.7 Å². The van der Waals surface area contributed by atoms with Gasteiger partial charge in [0.2, 0.25) is 5.89 Å². The summed E-state index contributed by atoms with van der Waals surface area (Å²) in [5.41, 5.74) is 1.75. The average Bonchev–Trinajstić information content (AvgIpc) is 3.24. The van der Waals surface area contributed by atoms with Crippen molar-refractivity contribution in [3.8, 4) is 11.5 Å². The molecule has 1 aromatic heterocycles. The molecule has 0 aliphatic rings. The van der Waals surface area contributed by atoms with E-state index in [0.29, 0.717) is 23.2 Å². The zero-order valence-corrected chi connectivity index (χ0v) is 17.2. The second-order valence-corrected chi connectivity index (χ2v) is 6.76. The molecular formula is C22H26FN5O2. The smallest absolute Gasteiger partial charge is 0.315 e. The first-order chi connectivity index (χ1) is 14.6. The summed E-state index contributed by atoms with van der Waals surface area (Å²) < 4.78 is 18.6. The van der Waals surface area contributed by atoms with E-state index in [1.165, 1.54) is 24.3 Å². The topological polar surface area (TPSA) is 83.3 Å². The number of hydrogen-bond donors (Lipinski definition) is 2. The molecule has 2 aromatic carbocycles. The average molecular weight is 411 g/mol. The maximum Gasteiger partial charge on any atom is 0.315 e. The first kappa shape index (κ1) is 21.4.